The molecule has 0 bridgehead atoms. The van der Waals surface area contributed by atoms with Crippen molar-refractivity contribution in [2.45, 2.75) is 0 Å². The van der Waals surface area contributed by atoms with Gasteiger partial charge in [-0.25, -0.2) is 0 Å². The van der Waals surface area contributed by atoms with Gasteiger partial charge in [-0.3, -0.25) is 0 Å². The lowest BCUT2D eigenvalue weighted by Gasteiger charge is -2.36. The van der Waals surface area contributed by atoms with Gasteiger partial charge in [0, 0.05) is 0 Å². The molecule has 0 heterocycles. The Morgan fingerprint density at radius 3 is 0.957 bits per heavy atom. The zero-order valence-electron chi connectivity index (χ0n) is 12.2. The topological polar surface area (TPSA) is 147 Å². The Hall–Kier alpha value is 1.31. The van der Waals surface area contributed by atoms with Crippen molar-refractivity contribution in [2.24, 2.45) is 0 Å². The first-order chi connectivity index (χ1) is 10.7. The van der Waals surface area contributed by atoms with Crippen molar-refractivity contribution in [1.29, 1.82) is 0 Å². The fourth-order valence-corrected chi connectivity index (χ4v) is 2.60. The molecule has 0 aromatic rings. The van der Waals surface area contributed by atoms with Crippen LogP contribution in [0.4, 0.5) is 0 Å². The van der Waals surface area contributed by atoms with Crippen LogP contribution in [-0.4, -0.2) is 70.0 Å². The molecule has 0 aromatic carbocycles. The number of hydrogen-bond donors (Lipinski definition) is 3. The minimum atomic E-state index is -5.39. The van der Waals surface area contributed by atoms with Gasteiger partial charge >= 0.3 is 0 Å². The Bertz CT molecular complexity index is 255. The van der Waals surface area contributed by atoms with Gasteiger partial charge in [0.05, 0.1) is 37.1 Å². The summed E-state index contributed by atoms with van der Waals surface area (Å²) in [4.78, 5) is 25.6. The van der Waals surface area contributed by atoms with E-state index in [1.807, 2.05) is 0 Å². The molecule has 0 amide bonds. The molecular formula is C9H21O7PS6. The largest absolute Gasteiger partial charge is 0.822 e. The van der Waals surface area contributed by atoms with E-state index in [2.05, 4.69) is 17.6 Å². The predicted octanol–water partition coefficient (Wildman–Crippen LogP) is -2.40. The van der Waals surface area contributed by atoms with E-state index in [0.29, 0.717) is 0 Å². The van der Waals surface area contributed by atoms with E-state index in [4.69, 9.17) is 34.6 Å². The van der Waals surface area contributed by atoms with Crippen LogP contribution in [0.3, 0.4) is 0 Å². The van der Waals surface area contributed by atoms with Crippen molar-refractivity contribution in [3.05, 3.63) is 0 Å². The first-order valence-corrected chi connectivity index (χ1v) is 14.3. The van der Waals surface area contributed by atoms with Gasteiger partial charge in [-0.1, -0.05) is 0 Å². The van der Waals surface area contributed by atoms with Gasteiger partial charge in [0.2, 0.25) is 0 Å². The van der Waals surface area contributed by atoms with Gasteiger partial charge in [-0.15, -0.1) is 0 Å². The molecule has 0 unspecified atom stereocenters. The van der Waals surface area contributed by atoms with E-state index in [1.165, 1.54) is 31.1 Å². The van der Waals surface area contributed by atoms with Crippen LogP contribution in [0.1, 0.15) is 0 Å². The molecule has 0 radical (unpaired) electrons. The van der Waals surface area contributed by atoms with Gasteiger partial charge in [0.1, 0.15) is 0 Å². The molecule has 0 spiro atoms. The van der Waals surface area contributed by atoms with Crippen molar-refractivity contribution < 1.29 is 34.6 Å². The molecule has 0 aliphatic carbocycles. The second-order valence-electron chi connectivity index (χ2n) is 2.44. The fourth-order valence-electron chi connectivity index (χ4n) is 0.289. The Balaban J connectivity index is -0.000000105. The summed E-state index contributed by atoms with van der Waals surface area (Å²) >= 11 is 0. The van der Waals surface area contributed by atoms with Crippen LogP contribution in [0.25, 0.3) is 0 Å². The first-order valence-electron chi connectivity index (χ1n) is 5.41. The molecule has 0 aromatic heterocycles. The van der Waals surface area contributed by atoms with Crippen LogP contribution in [0.15, 0.2) is 0 Å². The second-order valence-corrected chi connectivity index (χ2v) is 10.2. The lowest BCUT2D eigenvalue weighted by Crippen LogP contribution is -2.24. The van der Waals surface area contributed by atoms with E-state index >= 15 is 0 Å². The lowest BCUT2D eigenvalue weighted by molar-refractivity contribution is -0.432. The summed E-state index contributed by atoms with van der Waals surface area (Å²) in [6.07, 6.45) is 0. The second kappa shape index (κ2) is 31.1. The van der Waals surface area contributed by atoms with E-state index in [0.717, 1.165) is 17.3 Å². The highest BCUT2D eigenvalue weighted by atomic mass is 33.1. The Labute approximate surface area is 160 Å². The summed E-state index contributed by atoms with van der Waals surface area (Å²) < 4.78 is 8.55. The SMILES string of the molecule is C=[S+]SCCO.C=[S+]SCCO.C=[S+]SCCO.O=P([O-])([O-])[O-]. The molecular weight excluding hydrogens is 443 g/mol. The number of hydrogen-bond acceptors (Lipinski definition) is 10. The Morgan fingerprint density at radius 2 is 0.913 bits per heavy atom. The maximum atomic E-state index is 8.55. The molecule has 0 saturated heterocycles. The average molecular weight is 465 g/mol. The minimum absolute atomic E-state index is 0.257. The van der Waals surface area contributed by atoms with Crippen molar-refractivity contribution in [2.75, 3.05) is 37.1 Å². The van der Waals surface area contributed by atoms with Crippen LogP contribution >= 0.6 is 40.2 Å². The van der Waals surface area contributed by atoms with Crippen molar-refractivity contribution in [1.82, 2.24) is 0 Å². The smallest absolute Gasteiger partial charge is 0.252 e. The number of aliphatic hydroxyl groups is 3. The average Bonchev–Trinajstić information content (AvgIpc) is 2.48. The molecule has 0 saturated carbocycles. The van der Waals surface area contributed by atoms with Crippen molar-refractivity contribution in [3.8, 4) is 0 Å². The first kappa shape index (κ1) is 32.0. The van der Waals surface area contributed by atoms with E-state index in [1.54, 1.807) is 32.4 Å². The molecule has 23 heavy (non-hydrogen) atoms. The monoisotopic (exact) mass is 464 g/mol. The normalized spacial score (nSPS) is 8.96. The highest BCUT2D eigenvalue weighted by molar-refractivity contribution is 8.65. The maximum absolute atomic E-state index is 8.55. The summed E-state index contributed by atoms with van der Waals surface area (Å²) in [5.74, 6) is 12.8. The van der Waals surface area contributed by atoms with Crippen molar-refractivity contribution in [3.63, 3.8) is 0 Å². The molecule has 14 heteroatoms. The molecule has 7 nitrogen and oxygen atoms in total. The quantitative estimate of drug-likeness (QED) is 0.111. The molecule has 0 fully saturated rings. The fraction of sp³-hybridized carbons (Fsp3) is 0.667. The van der Waals surface area contributed by atoms with Gasteiger partial charge < -0.3 is 34.6 Å². The Kier molecular flexibility index (Phi) is 43.3. The third-order valence-electron chi connectivity index (χ3n) is 0.774. The highest BCUT2D eigenvalue weighted by Crippen LogP contribution is 2.03. The third kappa shape index (κ3) is 99.6. The zero-order valence-corrected chi connectivity index (χ0v) is 18.0. The zero-order chi connectivity index (χ0) is 19.0. The summed E-state index contributed by atoms with van der Waals surface area (Å²) in [6.45, 7) is 0.771. The van der Waals surface area contributed by atoms with Gasteiger partial charge in [-0.05, 0) is 0 Å². The highest BCUT2D eigenvalue weighted by Gasteiger charge is 1.88. The molecule has 3 N–H and O–H groups in total. The summed E-state index contributed by atoms with van der Waals surface area (Å²) in [6, 6.07) is 0. The number of rotatable bonds is 9. The third-order valence-corrected chi connectivity index (χ3v) is 5.32. The van der Waals surface area contributed by atoms with Crippen molar-refractivity contribution >= 4 is 89.0 Å². The predicted molar refractivity (Wildman–Crippen MR) is 110 cm³/mol. The van der Waals surface area contributed by atoms with Gasteiger partial charge in [0.25, 0.3) is 31.1 Å². The van der Waals surface area contributed by atoms with Crippen LogP contribution in [0.5, 0.6) is 0 Å². The number of aliphatic hydroxyl groups excluding tert-OH is 3. The standard InChI is InChI=1S/3C3H7OS2.H3O4P/c3*1-5-6-3-2-4;1-5(2,3)4/h3*4H,1-3H2;(H3,1,2,3,4)/q3*+1;/p-3. The minimum Gasteiger partial charge on any atom is -0.822 e. The van der Waals surface area contributed by atoms with Gasteiger partial charge in [0.15, 0.2) is 50.0 Å². The molecule has 0 aliphatic heterocycles. The van der Waals surface area contributed by atoms with Gasteiger partial charge in [-0.2, -0.15) is 7.82 Å². The van der Waals surface area contributed by atoms with E-state index in [9.17, 15) is 0 Å². The lowest BCUT2D eigenvalue weighted by atomic mass is 10.9. The Morgan fingerprint density at radius 1 is 0.739 bits per heavy atom. The summed E-state index contributed by atoms with van der Waals surface area (Å²) in [5.41, 5.74) is 0. The molecule has 0 aliphatic rings. The molecule has 0 rings (SSSR count). The summed E-state index contributed by atoms with van der Waals surface area (Å²) in [7, 11) is 3.60. The van der Waals surface area contributed by atoms with E-state index in [-0.39, 0.29) is 19.8 Å². The van der Waals surface area contributed by atoms with Crippen LogP contribution in [0, 0.1) is 0 Å². The van der Waals surface area contributed by atoms with Crippen LogP contribution in [0.2, 0.25) is 0 Å². The maximum Gasteiger partial charge on any atom is 0.252 e. The summed E-state index contributed by atoms with van der Waals surface area (Å²) in [5, 5.41) is 24.4. The van der Waals surface area contributed by atoms with Crippen LogP contribution in [-0.2, 0) is 35.7 Å². The number of phosphoric acid groups is 1. The van der Waals surface area contributed by atoms with E-state index < -0.39 is 7.82 Å². The van der Waals surface area contributed by atoms with Crippen LogP contribution < -0.4 is 14.7 Å². The molecule has 0 atom stereocenters. The molecule has 140 valence electrons.